The predicted octanol–water partition coefficient (Wildman–Crippen LogP) is 2.41. The van der Waals surface area contributed by atoms with E-state index in [4.69, 9.17) is 9.47 Å². The number of ether oxygens (including phenoxy) is 2. The molecule has 1 rings (SSSR count). The number of nitrogens with one attached hydrogen (secondary N) is 3. The Balaban J connectivity index is 2.22. The maximum Gasteiger partial charge on any atom is 0.407 e. The van der Waals surface area contributed by atoms with Crippen molar-refractivity contribution in [2.45, 2.75) is 45.9 Å². The molecule has 146 valence electrons. The number of methoxy groups -OCH3 is 1. The summed E-state index contributed by atoms with van der Waals surface area (Å²) >= 11 is 0. The average Bonchev–Trinajstić information content (AvgIpc) is 2.57. The molecule has 0 bridgehead atoms. The Morgan fingerprint density at radius 3 is 2.23 bits per heavy atom. The lowest BCUT2D eigenvalue weighted by atomic mass is 10.1. The van der Waals surface area contributed by atoms with Crippen LogP contribution in [0.15, 0.2) is 29.3 Å². The highest BCUT2D eigenvalue weighted by atomic mass is 16.6. The molecule has 7 nitrogen and oxygen atoms in total. The molecule has 26 heavy (non-hydrogen) atoms. The average molecular weight is 364 g/mol. The summed E-state index contributed by atoms with van der Waals surface area (Å²) in [5.41, 5.74) is 1.84. The summed E-state index contributed by atoms with van der Waals surface area (Å²) in [7, 11) is 3.42. The van der Waals surface area contributed by atoms with Crippen molar-refractivity contribution in [2.75, 3.05) is 27.2 Å². The molecule has 1 aromatic carbocycles. The Morgan fingerprint density at radius 2 is 1.65 bits per heavy atom. The fraction of sp³-hybridized carbons (Fsp3) is 0.579. The van der Waals surface area contributed by atoms with Crippen LogP contribution < -0.4 is 16.0 Å². The lowest BCUT2D eigenvalue weighted by Gasteiger charge is -2.19. The molecule has 0 aliphatic carbocycles. The minimum atomic E-state index is -0.476. The second-order valence-electron chi connectivity index (χ2n) is 6.88. The highest BCUT2D eigenvalue weighted by Crippen LogP contribution is 2.06. The summed E-state index contributed by atoms with van der Waals surface area (Å²) in [6.45, 7) is 8.07. The fourth-order valence-corrected chi connectivity index (χ4v) is 2.13. The van der Waals surface area contributed by atoms with E-state index < -0.39 is 11.7 Å². The van der Waals surface area contributed by atoms with Crippen molar-refractivity contribution in [1.29, 1.82) is 0 Å². The molecular formula is C19H32N4O3. The molecule has 0 saturated carbocycles. The smallest absolute Gasteiger partial charge is 0.407 e. The van der Waals surface area contributed by atoms with Crippen LogP contribution in [0.25, 0.3) is 0 Å². The van der Waals surface area contributed by atoms with Crippen LogP contribution in [0.2, 0.25) is 0 Å². The van der Waals surface area contributed by atoms with Crippen molar-refractivity contribution in [3.05, 3.63) is 35.4 Å². The largest absolute Gasteiger partial charge is 0.444 e. The molecule has 0 aliphatic rings. The van der Waals surface area contributed by atoms with Gasteiger partial charge in [0.05, 0.1) is 6.61 Å². The number of amides is 1. The van der Waals surface area contributed by atoms with Crippen LogP contribution in [-0.2, 0) is 22.6 Å². The van der Waals surface area contributed by atoms with E-state index in [9.17, 15) is 4.79 Å². The topological polar surface area (TPSA) is 84.0 Å². The molecule has 0 spiro atoms. The van der Waals surface area contributed by atoms with Crippen molar-refractivity contribution in [3.63, 3.8) is 0 Å². The number of aliphatic imine (C=N–C) groups is 1. The zero-order valence-corrected chi connectivity index (χ0v) is 16.5. The molecule has 0 aromatic heterocycles. The maximum atomic E-state index is 11.5. The predicted molar refractivity (Wildman–Crippen MR) is 104 cm³/mol. The van der Waals surface area contributed by atoms with Crippen molar-refractivity contribution >= 4 is 12.1 Å². The van der Waals surface area contributed by atoms with Gasteiger partial charge in [-0.3, -0.25) is 4.99 Å². The number of carbonyl (C=O) groups excluding carboxylic acids is 1. The first-order valence-electron chi connectivity index (χ1n) is 8.82. The van der Waals surface area contributed by atoms with Crippen LogP contribution >= 0.6 is 0 Å². The molecule has 0 aliphatic heterocycles. The van der Waals surface area contributed by atoms with E-state index in [1.165, 1.54) is 5.56 Å². The van der Waals surface area contributed by atoms with Crippen LogP contribution in [0.5, 0.6) is 0 Å². The van der Waals surface area contributed by atoms with Crippen LogP contribution in [0.1, 0.15) is 38.3 Å². The van der Waals surface area contributed by atoms with Gasteiger partial charge < -0.3 is 25.4 Å². The SMILES string of the molecule is CN=C(NCCCNC(=O)OC(C)(C)C)NCc1ccc(COC)cc1. The number of hydrogen-bond donors (Lipinski definition) is 3. The minimum absolute atomic E-state index is 0.392. The molecule has 0 unspecified atom stereocenters. The first-order valence-corrected chi connectivity index (χ1v) is 8.82. The second-order valence-corrected chi connectivity index (χ2v) is 6.88. The van der Waals surface area contributed by atoms with Gasteiger partial charge in [-0.25, -0.2) is 4.79 Å². The van der Waals surface area contributed by atoms with Gasteiger partial charge in [-0.05, 0) is 38.3 Å². The number of hydrogen-bond acceptors (Lipinski definition) is 4. The van der Waals surface area contributed by atoms with E-state index in [1.807, 2.05) is 20.8 Å². The number of nitrogens with zero attached hydrogens (tertiary/aromatic N) is 1. The second kappa shape index (κ2) is 11.4. The third-order valence-corrected chi connectivity index (χ3v) is 3.33. The van der Waals surface area contributed by atoms with Gasteiger partial charge in [0.2, 0.25) is 0 Å². The van der Waals surface area contributed by atoms with Gasteiger partial charge in [0.1, 0.15) is 5.60 Å². The van der Waals surface area contributed by atoms with Gasteiger partial charge in [-0.1, -0.05) is 24.3 Å². The highest BCUT2D eigenvalue weighted by molar-refractivity contribution is 5.79. The Bertz CT molecular complexity index is 565. The van der Waals surface area contributed by atoms with Gasteiger partial charge >= 0.3 is 6.09 Å². The minimum Gasteiger partial charge on any atom is -0.444 e. The molecule has 0 fully saturated rings. The molecule has 3 N–H and O–H groups in total. The Morgan fingerprint density at radius 1 is 1.04 bits per heavy atom. The molecule has 1 aromatic rings. The number of rotatable bonds is 8. The van der Waals surface area contributed by atoms with Crippen molar-refractivity contribution < 1.29 is 14.3 Å². The van der Waals surface area contributed by atoms with Crippen LogP contribution in [0.4, 0.5) is 4.79 Å². The zero-order chi connectivity index (χ0) is 19.4. The Kier molecular flexibility index (Phi) is 9.51. The van der Waals surface area contributed by atoms with Crippen molar-refractivity contribution in [1.82, 2.24) is 16.0 Å². The lowest BCUT2D eigenvalue weighted by Crippen LogP contribution is -2.39. The normalized spacial score (nSPS) is 11.8. The van der Waals surface area contributed by atoms with Gasteiger partial charge in [0.25, 0.3) is 0 Å². The van der Waals surface area contributed by atoms with Gasteiger partial charge in [0, 0.05) is 33.8 Å². The Hall–Kier alpha value is -2.28. The first kappa shape index (κ1) is 21.8. The zero-order valence-electron chi connectivity index (χ0n) is 16.5. The molecule has 0 atom stereocenters. The van der Waals surface area contributed by atoms with Gasteiger partial charge in [-0.2, -0.15) is 0 Å². The molecular weight excluding hydrogens is 332 g/mol. The van der Waals surface area contributed by atoms with E-state index in [-0.39, 0.29) is 0 Å². The van der Waals surface area contributed by atoms with Crippen molar-refractivity contribution in [2.24, 2.45) is 4.99 Å². The molecule has 7 heteroatoms. The van der Waals surface area contributed by atoms with Crippen LogP contribution in [0, 0.1) is 0 Å². The van der Waals surface area contributed by atoms with Gasteiger partial charge in [-0.15, -0.1) is 0 Å². The van der Waals surface area contributed by atoms with Crippen molar-refractivity contribution in [3.8, 4) is 0 Å². The maximum absolute atomic E-state index is 11.5. The highest BCUT2D eigenvalue weighted by Gasteiger charge is 2.15. The van der Waals surface area contributed by atoms with Gasteiger partial charge in [0.15, 0.2) is 5.96 Å². The summed E-state index contributed by atoms with van der Waals surface area (Å²) in [6, 6.07) is 8.25. The molecule has 1 amide bonds. The standard InChI is InChI=1S/C19H32N4O3/c1-19(2,3)26-18(24)22-12-6-11-21-17(20-4)23-13-15-7-9-16(10-8-15)14-25-5/h7-10H,6,11-14H2,1-5H3,(H,22,24)(H2,20,21,23). The van der Waals surface area contributed by atoms with E-state index in [2.05, 4.69) is 45.2 Å². The van der Waals surface area contributed by atoms with E-state index in [0.717, 1.165) is 17.9 Å². The number of guanidine groups is 1. The van der Waals surface area contributed by atoms with Crippen LogP contribution in [0.3, 0.4) is 0 Å². The fourth-order valence-electron chi connectivity index (χ4n) is 2.13. The van der Waals surface area contributed by atoms with Crippen LogP contribution in [-0.4, -0.2) is 44.9 Å². The third-order valence-electron chi connectivity index (χ3n) is 3.33. The number of carbonyl (C=O) groups is 1. The molecule has 0 saturated heterocycles. The van der Waals surface area contributed by atoms with E-state index >= 15 is 0 Å². The monoisotopic (exact) mass is 364 g/mol. The number of alkyl carbamates (subject to hydrolysis) is 1. The third kappa shape index (κ3) is 9.88. The summed E-state index contributed by atoms with van der Waals surface area (Å²) in [5, 5.41) is 9.22. The van der Waals surface area contributed by atoms with E-state index in [0.29, 0.717) is 26.2 Å². The van der Waals surface area contributed by atoms with E-state index in [1.54, 1.807) is 14.2 Å². The first-order chi connectivity index (χ1) is 12.3. The summed E-state index contributed by atoms with van der Waals surface area (Å²) in [5.74, 6) is 0.725. The Labute approximate surface area is 156 Å². The lowest BCUT2D eigenvalue weighted by molar-refractivity contribution is 0.0527. The number of benzene rings is 1. The summed E-state index contributed by atoms with van der Waals surface area (Å²) < 4.78 is 10.3. The summed E-state index contributed by atoms with van der Waals surface area (Å²) in [6.07, 6.45) is 0.378. The molecule has 0 heterocycles. The quantitative estimate of drug-likeness (QED) is 0.375. The molecule has 0 radical (unpaired) electrons. The summed E-state index contributed by atoms with van der Waals surface area (Å²) in [4.78, 5) is 15.7.